The molecule has 1 atom stereocenters. The molecule has 0 spiro atoms. The predicted molar refractivity (Wildman–Crippen MR) is 61.3 cm³/mol. The maximum Gasteiger partial charge on any atom is 0.339 e. The summed E-state index contributed by atoms with van der Waals surface area (Å²) in [5.74, 6) is 0.0415. The highest BCUT2D eigenvalue weighted by atomic mass is 16.5. The van der Waals surface area contributed by atoms with Crippen molar-refractivity contribution in [2.45, 2.75) is 13.0 Å². The van der Waals surface area contributed by atoms with Gasteiger partial charge in [-0.15, -0.1) is 0 Å². The van der Waals surface area contributed by atoms with E-state index in [1.54, 1.807) is 12.1 Å². The molecule has 0 aliphatic heterocycles. The second-order valence-electron chi connectivity index (χ2n) is 3.46. The average Bonchev–Trinajstić information content (AvgIpc) is 2.36. The molecule has 0 aliphatic carbocycles. The van der Waals surface area contributed by atoms with Gasteiger partial charge in [0.2, 0.25) is 0 Å². The van der Waals surface area contributed by atoms with Gasteiger partial charge in [-0.1, -0.05) is 6.07 Å². The minimum atomic E-state index is -1.43. The van der Waals surface area contributed by atoms with Crippen molar-refractivity contribution >= 4 is 5.97 Å². The van der Waals surface area contributed by atoms with E-state index in [0.717, 1.165) is 5.56 Å². The highest BCUT2D eigenvalue weighted by molar-refractivity contribution is 5.78. The monoisotopic (exact) mass is 240 g/mol. The lowest BCUT2D eigenvalue weighted by atomic mass is 10.0. The highest BCUT2D eigenvalue weighted by Crippen LogP contribution is 2.37. The topological polar surface area (TPSA) is 65.0 Å². The molecule has 0 fully saturated rings. The van der Waals surface area contributed by atoms with Crippen molar-refractivity contribution in [3.8, 4) is 11.5 Å². The van der Waals surface area contributed by atoms with Crippen molar-refractivity contribution in [3.63, 3.8) is 0 Å². The molecule has 1 N–H and O–H groups in total. The third-order valence-electron chi connectivity index (χ3n) is 2.47. The van der Waals surface area contributed by atoms with E-state index in [1.165, 1.54) is 21.3 Å². The van der Waals surface area contributed by atoms with Gasteiger partial charge in [-0.05, 0) is 18.6 Å². The second-order valence-corrected chi connectivity index (χ2v) is 3.46. The molecule has 0 radical (unpaired) electrons. The van der Waals surface area contributed by atoms with Crippen LogP contribution in [0.15, 0.2) is 12.1 Å². The minimum absolute atomic E-state index is 0.279. The maximum absolute atomic E-state index is 11.4. The second kappa shape index (κ2) is 5.54. The summed E-state index contributed by atoms with van der Waals surface area (Å²) in [5.41, 5.74) is 1.08. The van der Waals surface area contributed by atoms with Gasteiger partial charge in [0, 0.05) is 0 Å². The lowest BCUT2D eigenvalue weighted by molar-refractivity contribution is -0.150. The van der Waals surface area contributed by atoms with Gasteiger partial charge in [0.1, 0.15) is 11.5 Å². The van der Waals surface area contributed by atoms with Gasteiger partial charge in [-0.3, -0.25) is 0 Å². The summed E-state index contributed by atoms with van der Waals surface area (Å²) in [6.07, 6.45) is -1.43. The molecule has 17 heavy (non-hydrogen) atoms. The summed E-state index contributed by atoms with van der Waals surface area (Å²) in [7, 11) is 4.13. The van der Waals surface area contributed by atoms with Crippen molar-refractivity contribution in [2.75, 3.05) is 21.3 Å². The molecule has 0 heterocycles. The fourth-order valence-electron chi connectivity index (χ4n) is 1.63. The van der Waals surface area contributed by atoms with Crippen LogP contribution in [0.25, 0.3) is 0 Å². The molecule has 0 aromatic heterocycles. The number of aliphatic hydroxyl groups excluding tert-OH is 1. The van der Waals surface area contributed by atoms with E-state index in [4.69, 9.17) is 9.47 Å². The Morgan fingerprint density at radius 3 is 2.35 bits per heavy atom. The quantitative estimate of drug-likeness (QED) is 0.801. The molecule has 5 nitrogen and oxygen atoms in total. The first-order chi connectivity index (χ1) is 8.06. The van der Waals surface area contributed by atoms with Gasteiger partial charge in [-0.2, -0.15) is 0 Å². The summed E-state index contributed by atoms with van der Waals surface area (Å²) < 4.78 is 14.8. The smallest absolute Gasteiger partial charge is 0.339 e. The minimum Gasteiger partial charge on any atom is -0.496 e. The third-order valence-corrected chi connectivity index (χ3v) is 2.47. The standard InChI is InChI=1S/C12H16O5/c1-7-5-6-8(15-2)9(11(7)16-3)10(13)12(14)17-4/h5-6,10,13H,1-4H3. The van der Waals surface area contributed by atoms with Crippen molar-refractivity contribution < 1.29 is 24.1 Å². The molecule has 1 unspecified atom stereocenters. The van der Waals surface area contributed by atoms with Crippen LogP contribution in [0.3, 0.4) is 0 Å². The summed E-state index contributed by atoms with van der Waals surface area (Å²) in [4.78, 5) is 11.4. The molecule has 1 aromatic rings. The Labute approximate surface area is 99.9 Å². The molecule has 0 amide bonds. The van der Waals surface area contributed by atoms with E-state index >= 15 is 0 Å². The molecule has 0 saturated heterocycles. The number of carbonyl (C=O) groups is 1. The maximum atomic E-state index is 11.4. The number of hydrogen-bond acceptors (Lipinski definition) is 5. The molecular weight excluding hydrogens is 224 g/mol. The van der Waals surface area contributed by atoms with Crippen LogP contribution < -0.4 is 9.47 Å². The Hall–Kier alpha value is -1.75. The zero-order valence-electron chi connectivity index (χ0n) is 10.3. The summed E-state index contributed by atoms with van der Waals surface area (Å²) in [5, 5.41) is 9.90. The van der Waals surface area contributed by atoms with Gasteiger partial charge < -0.3 is 19.3 Å². The number of ether oxygens (including phenoxy) is 3. The first-order valence-electron chi connectivity index (χ1n) is 5.04. The molecule has 5 heteroatoms. The molecule has 0 bridgehead atoms. The molecular formula is C12H16O5. The van der Waals surface area contributed by atoms with Crippen LogP contribution in [-0.4, -0.2) is 32.4 Å². The number of hydrogen-bond donors (Lipinski definition) is 1. The van der Waals surface area contributed by atoms with Gasteiger partial charge in [0.15, 0.2) is 6.10 Å². The largest absolute Gasteiger partial charge is 0.496 e. The molecule has 1 rings (SSSR count). The molecule has 0 saturated carbocycles. The van der Waals surface area contributed by atoms with Crippen LogP contribution in [0.2, 0.25) is 0 Å². The summed E-state index contributed by atoms with van der Waals surface area (Å²) >= 11 is 0. The van der Waals surface area contributed by atoms with Crippen LogP contribution in [0.5, 0.6) is 11.5 Å². The van der Waals surface area contributed by atoms with Crippen LogP contribution in [0.1, 0.15) is 17.2 Å². The van der Waals surface area contributed by atoms with E-state index in [2.05, 4.69) is 4.74 Å². The average molecular weight is 240 g/mol. The zero-order chi connectivity index (χ0) is 13.0. The Balaban J connectivity index is 3.36. The first kappa shape index (κ1) is 13.3. The SMILES string of the molecule is COC(=O)C(O)c1c(OC)ccc(C)c1OC. The molecule has 0 aliphatic rings. The number of carbonyl (C=O) groups excluding carboxylic acids is 1. The van der Waals surface area contributed by atoms with Crippen molar-refractivity contribution in [1.82, 2.24) is 0 Å². The number of methoxy groups -OCH3 is 3. The highest BCUT2D eigenvalue weighted by Gasteiger charge is 2.27. The lowest BCUT2D eigenvalue weighted by Crippen LogP contribution is -2.16. The van der Waals surface area contributed by atoms with Gasteiger partial charge >= 0.3 is 5.97 Å². The Bertz CT molecular complexity index is 414. The number of rotatable bonds is 4. The fraction of sp³-hybridized carbons (Fsp3) is 0.417. The van der Waals surface area contributed by atoms with Crippen LogP contribution in [-0.2, 0) is 9.53 Å². The van der Waals surface area contributed by atoms with Crippen molar-refractivity contribution in [2.24, 2.45) is 0 Å². The van der Waals surface area contributed by atoms with Gasteiger partial charge in [-0.25, -0.2) is 4.79 Å². The van der Waals surface area contributed by atoms with E-state index in [9.17, 15) is 9.90 Å². The fourth-order valence-corrected chi connectivity index (χ4v) is 1.63. The number of aliphatic hydroxyl groups is 1. The summed E-state index contributed by atoms with van der Waals surface area (Å²) in [6.45, 7) is 1.81. The third kappa shape index (κ3) is 2.50. The Morgan fingerprint density at radius 2 is 1.88 bits per heavy atom. The van der Waals surface area contributed by atoms with Crippen LogP contribution in [0, 0.1) is 6.92 Å². The summed E-state index contributed by atoms with van der Waals surface area (Å²) in [6, 6.07) is 3.45. The van der Waals surface area contributed by atoms with Crippen molar-refractivity contribution in [3.05, 3.63) is 23.3 Å². The van der Waals surface area contributed by atoms with Gasteiger partial charge in [0.25, 0.3) is 0 Å². The van der Waals surface area contributed by atoms with Crippen LogP contribution >= 0.6 is 0 Å². The Morgan fingerprint density at radius 1 is 1.24 bits per heavy atom. The van der Waals surface area contributed by atoms with Crippen LogP contribution in [0.4, 0.5) is 0 Å². The normalized spacial score (nSPS) is 11.8. The number of esters is 1. The number of benzene rings is 1. The van der Waals surface area contributed by atoms with E-state index in [0.29, 0.717) is 11.5 Å². The Kier molecular flexibility index (Phi) is 4.34. The predicted octanol–water partition coefficient (Wildman–Crippen LogP) is 1.22. The van der Waals surface area contributed by atoms with Crippen molar-refractivity contribution in [1.29, 1.82) is 0 Å². The van der Waals surface area contributed by atoms with E-state index in [1.807, 2.05) is 6.92 Å². The van der Waals surface area contributed by atoms with Gasteiger partial charge in [0.05, 0.1) is 26.9 Å². The zero-order valence-corrected chi connectivity index (χ0v) is 10.3. The lowest BCUT2D eigenvalue weighted by Gasteiger charge is -2.18. The van der Waals surface area contributed by atoms with E-state index < -0.39 is 12.1 Å². The number of aryl methyl sites for hydroxylation is 1. The first-order valence-corrected chi connectivity index (χ1v) is 5.04. The molecule has 1 aromatic carbocycles. The van der Waals surface area contributed by atoms with E-state index in [-0.39, 0.29) is 5.56 Å². The molecule has 94 valence electrons.